The molecule has 0 amide bonds. The van der Waals surface area contributed by atoms with Gasteiger partial charge in [0.25, 0.3) is 0 Å². The molecule has 0 aliphatic heterocycles. The number of nitrogens with zero attached hydrogens (tertiary/aromatic N) is 3. The molecule has 0 spiro atoms. The summed E-state index contributed by atoms with van der Waals surface area (Å²) in [7, 11) is 0. The molecule has 22 heavy (non-hydrogen) atoms. The highest BCUT2D eigenvalue weighted by atomic mass is 35.5. The summed E-state index contributed by atoms with van der Waals surface area (Å²) in [5.41, 5.74) is 1.37. The Kier molecular flexibility index (Phi) is 3.04. The minimum atomic E-state index is -0.0943. The number of aromatic nitrogens is 4. The van der Waals surface area contributed by atoms with E-state index in [1.165, 1.54) is 0 Å². The van der Waals surface area contributed by atoms with Crippen LogP contribution in [0, 0.1) is 5.92 Å². The maximum Gasteiger partial charge on any atom is 0.178 e. The molecule has 0 unspecified atom stereocenters. The highest BCUT2D eigenvalue weighted by Crippen LogP contribution is 2.47. The first-order chi connectivity index (χ1) is 10.7. The predicted molar refractivity (Wildman–Crippen MR) is 78.5 cm³/mol. The standard InChI is InChI=1S/C15H11ClN4O2/c16-12-6-8(3-4-9(12)13-2-1-5-22-13)14(21)10-7-11(10)15-17-19-20-18-15/h1-6,10-11H,7H2,(H,17,18,19,20)/t10-,11-/m0/s1. The van der Waals surface area contributed by atoms with Gasteiger partial charge in [-0.15, -0.1) is 10.2 Å². The first-order valence-electron chi connectivity index (χ1n) is 6.85. The Hall–Kier alpha value is -2.47. The molecule has 1 saturated carbocycles. The lowest BCUT2D eigenvalue weighted by Crippen LogP contribution is -2.04. The van der Waals surface area contributed by atoms with Gasteiger partial charge in [-0.3, -0.25) is 4.79 Å². The van der Waals surface area contributed by atoms with Crippen LogP contribution in [0.3, 0.4) is 0 Å². The number of carbonyl (C=O) groups excluding carboxylic acids is 1. The van der Waals surface area contributed by atoms with Gasteiger partial charge in [-0.25, -0.2) is 0 Å². The van der Waals surface area contributed by atoms with Gasteiger partial charge in [0.05, 0.1) is 11.3 Å². The molecular formula is C15H11ClN4O2. The van der Waals surface area contributed by atoms with Crippen LogP contribution in [0.2, 0.25) is 5.02 Å². The lowest BCUT2D eigenvalue weighted by molar-refractivity contribution is 0.0965. The van der Waals surface area contributed by atoms with Crippen molar-refractivity contribution in [3.8, 4) is 11.3 Å². The van der Waals surface area contributed by atoms with Gasteiger partial charge in [-0.05, 0) is 30.7 Å². The molecular weight excluding hydrogens is 304 g/mol. The van der Waals surface area contributed by atoms with E-state index in [4.69, 9.17) is 16.0 Å². The molecule has 1 N–H and O–H groups in total. The normalized spacial score (nSPS) is 20.0. The lowest BCUT2D eigenvalue weighted by Gasteiger charge is -2.04. The number of nitrogens with one attached hydrogen (secondary N) is 1. The van der Waals surface area contributed by atoms with Crippen LogP contribution in [0.1, 0.15) is 28.5 Å². The van der Waals surface area contributed by atoms with Crippen LogP contribution in [0.25, 0.3) is 11.3 Å². The van der Waals surface area contributed by atoms with Crippen molar-refractivity contribution in [2.45, 2.75) is 12.3 Å². The van der Waals surface area contributed by atoms with Gasteiger partial charge >= 0.3 is 0 Å². The van der Waals surface area contributed by atoms with Crippen LogP contribution >= 0.6 is 11.6 Å². The third kappa shape index (κ3) is 2.21. The molecule has 1 aliphatic carbocycles. The maximum atomic E-state index is 12.5. The highest BCUT2D eigenvalue weighted by Gasteiger charge is 2.46. The van der Waals surface area contributed by atoms with Crippen molar-refractivity contribution >= 4 is 17.4 Å². The fraction of sp³-hybridized carbons (Fsp3) is 0.200. The second kappa shape index (κ2) is 5.06. The van der Waals surface area contributed by atoms with Crippen molar-refractivity contribution in [1.29, 1.82) is 0 Å². The Bertz CT molecular complexity index is 814. The maximum absolute atomic E-state index is 12.5. The van der Waals surface area contributed by atoms with Gasteiger partial charge in [-0.2, -0.15) is 5.21 Å². The van der Waals surface area contributed by atoms with Crippen molar-refractivity contribution in [3.63, 3.8) is 0 Å². The van der Waals surface area contributed by atoms with Crippen LogP contribution in [0.5, 0.6) is 0 Å². The number of halogens is 1. The third-order valence-corrected chi connectivity index (χ3v) is 4.17. The van der Waals surface area contributed by atoms with Crippen LogP contribution < -0.4 is 0 Å². The Balaban J connectivity index is 1.56. The summed E-state index contributed by atoms with van der Waals surface area (Å²) < 4.78 is 5.33. The van der Waals surface area contributed by atoms with E-state index in [0.717, 1.165) is 12.0 Å². The quantitative estimate of drug-likeness (QED) is 0.748. The van der Waals surface area contributed by atoms with Crippen LogP contribution in [-0.2, 0) is 0 Å². The molecule has 1 aliphatic rings. The average molecular weight is 315 g/mol. The molecule has 3 aromatic rings. The van der Waals surface area contributed by atoms with Gasteiger partial charge in [0.2, 0.25) is 0 Å². The molecule has 7 heteroatoms. The molecule has 2 heterocycles. The minimum Gasteiger partial charge on any atom is -0.464 e. The van der Waals surface area contributed by atoms with E-state index in [2.05, 4.69) is 20.6 Å². The van der Waals surface area contributed by atoms with Crippen LogP contribution in [0.4, 0.5) is 0 Å². The Labute approximate surface area is 130 Å². The predicted octanol–water partition coefficient (Wildman–Crippen LogP) is 3.10. The van der Waals surface area contributed by atoms with E-state index in [1.807, 2.05) is 6.07 Å². The number of Topliss-reactive ketones (excluding diaryl/α,β-unsaturated/α-hetero) is 1. The fourth-order valence-corrected chi connectivity index (χ4v) is 2.88. The van der Waals surface area contributed by atoms with E-state index < -0.39 is 0 Å². The zero-order valence-electron chi connectivity index (χ0n) is 11.4. The van der Waals surface area contributed by atoms with Crippen molar-refractivity contribution in [3.05, 3.63) is 53.0 Å². The summed E-state index contributed by atoms with van der Waals surface area (Å²) in [6, 6.07) is 8.89. The van der Waals surface area contributed by atoms with Crippen molar-refractivity contribution < 1.29 is 9.21 Å². The SMILES string of the molecule is O=C(c1ccc(-c2ccco2)c(Cl)c1)[C@H]1C[C@@H]1c1nn[nH]n1. The second-order valence-corrected chi connectivity index (χ2v) is 5.66. The number of H-pyrrole nitrogens is 1. The highest BCUT2D eigenvalue weighted by molar-refractivity contribution is 6.33. The lowest BCUT2D eigenvalue weighted by atomic mass is 10.0. The summed E-state index contributed by atoms with van der Waals surface area (Å²) in [6.45, 7) is 0. The number of hydrogen-bond donors (Lipinski definition) is 1. The van der Waals surface area contributed by atoms with Gasteiger partial charge < -0.3 is 4.42 Å². The number of tetrazole rings is 1. The Morgan fingerprint density at radius 1 is 1.36 bits per heavy atom. The van der Waals surface area contributed by atoms with E-state index in [1.54, 1.807) is 30.5 Å². The number of benzene rings is 1. The van der Waals surface area contributed by atoms with E-state index in [-0.39, 0.29) is 17.6 Å². The summed E-state index contributed by atoms with van der Waals surface area (Å²) in [5.74, 6) is 1.29. The monoisotopic (exact) mass is 314 g/mol. The Morgan fingerprint density at radius 2 is 2.27 bits per heavy atom. The van der Waals surface area contributed by atoms with E-state index in [9.17, 15) is 4.79 Å². The summed E-state index contributed by atoms with van der Waals surface area (Å²) in [6.07, 6.45) is 2.33. The van der Waals surface area contributed by atoms with Crippen LogP contribution in [-0.4, -0.2) is 26.4 Å². The first kappa shape index (κ1) is 13.2. The van der Waals surface area contributed by atoms with Gasteiger partial charge in [0.1, 0.15) is 5.76 Å². The van der Waals surface area contributed by atoms with E-state index >= 15 is 0 Å². The number of rotatable bonds is 4. The summed E-state index contributed by atoms with van der Waals surface area (Å²) in [4.78, 5) is 12.5. The number of furan rings is 1. The van der Waals surface area contributed by atoms with Crippen molar-refractivity contribution in [2.75, 3.05) is 0 Å². The van der Waals surface area contributed by atoms with Gasteiger partial charge in [-0.1, -0.05) is 22.9 Å². The second-order valence-electron chi connectivity index (χ2n) is 5.25. The molecule has 6 nitrogen and oxygen atoms in total. The molecule has 110 valence electrons. The van der Waals surface area contributed by atoms with Crippen molar-refractivity contribution in [2.24, 2.45) is 5.92 Å². The molecule has 0 radical (unpaired) electrons. The Morgan fingerprint density at radius 3 is 2.95 bits per heavy atom. The van der Waals surface area contributed by atoms with Crippen molar-refractivity contribution in [1.82, 2.24) is 20.6 Å². The number of aromatic amines is 1. The summed E-state index contributed by atoms with van der Waals surface area (Å²) >= 11 is 6.27. The molecule has 1 fully saturated rings. The minimum absolute atomic E-state index is 0.0507. The van der Waals surface area contributed by atoms with E-state index in [0.29, 0.717) is 22.2 Å². The molecule has 1 aromatic carbocycles. The third-order valence-electron chi connectivity index (χ3n) is 3.86. The molecule has 4 rings (SSSR count). The fourth-order valence-electron chi connectivity index (χ4n) is 2.61. The van der Waals surface area contributed by atoms with Gasteiger partial charge in [0.15, 0.2) is 11.6 Å². The number of ketones is 1. The van der Waals surface area contributed by atoms with Crippen LogP contribution in [0.15, 0.2) is 41.0 Å². The zero-order chi connectivity index (χ0) is 15.1. The largest absolute Gasteiger partial charge is 0.464 e. The smallest absolute Gasteiger partial charge is 0.178 e. The first-order valence-corrected chi connectivity index (χ1v) is 7.23. The molecule has 2 atom stereocenters. The average Bonchev–Trinajstić information content (AvgIpc) is 2.97. The number of hydrogen-bond acceptors (Lipinski definition) is 5. The number of carbonyl (C=O) groups is 1. The van der Waals surface area contributed by atoms with Gasteiger partial charge in [0, 0.05) is 23.0 Å². The summed E-state index contributed by atoms with van der Waals surface area (Å²) in [5, 5.41) is 14.3. The molecule has 0 bridgehead atoms. The molecule has 0 saturated heterocycles. The topological polar surface area (TPSA) is 84.7 Å². The zero-order valence-corrected chi connectivity index (χ0v) is 12.1. The molecule has 2 aromatic heterocycles.